The van der Waals surface area contributed by atoms with Gasteiger partial charge in [-0.25, -0.2) is 0 Å². The lowest BCUT2D eigenvalue weighted by molar-refractivity contribution is 0.162. The van der Waals surface area contributed by atoms with Crippen LogP contribution < -0.4 is 5.32 Å². The fourth-order valence-corrected chi connectivity index (χ4v) is 2.58. The van der Waals surface area contributed by atoms with Gasteiger partial charge in [-0.05, 0) is 53.9 Å². The molecule has 16 heavy (non-hydrogen) atoms. The summed E-state index contributed by atoms with van der Waals surface area (Å²) in [6.45, 7) is 10.3. The Morgan fingerprint density at radius 1 is 1.44 bits per heavy atom. The fraction of sp³-hybridized carbons (Fsp3) is 1.00. The van der Waals surface area contributed by atoms with Gasteiger partial charge in [0, 0.05) is 24.7 Å². The van der Waals surface area contributed by atoms with Crippen LogP contribution in [0.1, 0.15) is 33.6 Å². The molecular formula is C13H29N3. The van der Waals surface area contributed by atoms with E-state index in [1.165, 1.54) is 25.9 Å². The summed E-state index contributed by atoms with van der Waals surface area (Å²) in [6.07, 6.45) is 2.73. The van der Waals surface area contributed by atoms with E-state index >= 15 is 0 Å². The van der Waals surface area contributed by atoms with Crippen molar-refractivity contribution in [2.75, 3.05) is 33.7 Å². The van der Waals surface area contributed by atoms with Crippen LogP contribution in [0.5, 0.6) is 0 Å². The van der Waals surface area contributed by atoms with Crippen LogP contribution in [-0.2, 0) is 0 Å². The standard InChI is InChI=1S/C13H29N3/c1-6-14-11(2)12(3)16(5)10-13-8-7-9-15(13)4/h11-14H,6-10H2,1-5H3. The summed E-state index contributed by atoms with van der Waals surface area (Å²) in [5, 5.41) is 3.51. The van der Waals surface area contributed by atoms with E-state index in [0.29, 0.717) is 12.1 Å². The van der Waals surface area contributed by atoms with Crippen molar-refractivity contribution in [3.8, 4) is 0 Å². The van der Waals surface area contributed by atoms with Gasteiger partial charge in [-0.15, -0.1) is 0 Å². The molecule has 0 aromatic carbocycles. The van der Waals surface area contributed by atoms with Crippen LogP contribution in [0.3, 0.4) is 0 Å². The van der Waals surface area contributed by atoms with Crippen molar-refractivity contribution in [1.82, 2.24) is 15.1 Å². The van der Waals surface area contributed by atoms with E-state index in [4.69, 9.17) is 0 Å². The third-order valence-corrected chi connectivity index (χ3v) is 4.12. The molecule has 0 saturated carbocycles. The van der Waals surface area contributed by atoms with Gasteiger partial charge < -0.3 is 15.1 Å². The van der Waals surface area contributed by atoms with Crippen LogP contribution in [0, 0.1) is 0 Å². The topological polar surface area (TPSA) is 18.5 Å². The minimum atomic E-state index is 0.571. The Morgan fingerprint density at radius 3 is 2.62 bits per heavy atom. The maximum atomic E-state index is 3.51. The van der Waals surface area contributed by atoms with Crippen molar-refractivity contribution in [1.29, 1.82) is 0 Å². The third-order valence-electron chi connectivity index (χ3n) is 4.12. The van der Waals surface area contributed by atoms with E-state index < -0.39 is 0 Å². The van der Waals surface area contributed by atoms with Gasteiger partial charge in [0.1, 0.15) is 0 Å². The largest absolute Gasteiger partial charge is 0.313 e. The molecule has 1 aliphatic heterocycles. The zero-order valence-electron chi connectivity index (χ0n) is 11.7. The molecule has 3 unspecified atom stereocenters. The van der Waals surface area contributed by atoms with Crippen LogP contribution in [0.2, 0.25) is 0 Å². The molecule has 3 nitrogen and oxygen atoms in total. The quantitative estimate of drug-likeness (QED) is 0.740. The van der Waals surface area contributed by atoms with Gasteiger partial charge in [0.05, 0.1) is 0 Å². The molecule has 1 fully saturated rings. The fourth-order valence-electron chi connectivity index (χ4n) is 2.58. The molecule has 0 aliphatic carbocycles. The predicted molar refractivity (Wildman–Crippen MR) is 70.9 cm³/mol. The summed E-state index contributed by atoms with van der Waals surface area (Å²) in [7, 11) is 4.51. The lowest BCUT2D eigenvalue weighted by atomic mass is 10.1. The first-order valence-corrected chi connectivity index (χ1v) is 6.70. The predicted octanol–water partition coefficient (Wildman–Crippen LogP) is 1.40. The number of hydrogen-bond acceptors (Lipinski definition) is 3. The highest BCUT2D eigenvalue weighted by Crippen LogP contribution is 2.16. The Kier molecular flexibility index (Phi) is 5.73. The summed E-state index contributed by atoms with van der Waals surface area (Å²) < 4.78 is 0. The Hall–Kier alpha value is -0.120. The van der Waals surface area contributed by atoms with Crippen LogP contribution in [0.25, 0.3) is 0 Å². The number of rotatable bonds is 6. The highest BCUT2D eigenvalue weighted by molar-refractivity contribution is 4.83. The number of likely N-dealkylation sites (tertiary alicyclic amines) is 1. The smallest absolute Gasteiger partial charge is 0.0220 e. The molecule has 1 N–H and O–H groups in total. The van der Waals surface area contributed by atoms with E-state index in [1.807, 2.05) is 0 Å². The maximum absolute atomic E-state index is 3.51. The van der Waals surface area contributed by atoms with Crippen LogP contribution in [-0.4, -0.2) is 61.7 Å². The molecule has 0 amide bonds. The first-order valence-electron chi connectivity index (χ1n) is 6.70. The summed E-state index contributed by atoms with van der Waals surface area (Å²) in [6, 6.07) is 1.94. The van der Waals surface area contributed by atoms with Gasteiger partial charge in [-0.3, -0.25) is 0 Å². The lowest BCUT2D eigenvalue weighted by Gasteiger charge is -2.33. The van der Waals surface area contributed by atoms with Crippen LogP contribution in [0.4, 0.5) is 0 Å². The van der Waals surface area contributed by atoms with Crippen molar-refractivity contribution in [3.63, 3.8) is 0 Å². The molecule has 0 spiro atoms. The lowest BCUT2D eigenvalue weighted by Crippen LogP contribution is -2.48. The van der Waals surface area contributed by atoms with Crippen molar-refractivity contribution in [3.05, 3.63) is 0 Å². The van der Waals surface area contributed by atoms with Crippen LogP contribution >= 0.6 is 0 Å². The van der Waals surface area contributed by atoms with E-state index in [0.717, 1.165) is 12.6 Å². The van der Waals surface area contributed by atoms with Crippen LogP contribution in [0.15, 0.2) is 0 Å². The molecule has 3 atom stereocenters. The normalized spacial score (nSPS) is 26.2. The molecule has 1 aliphatic rings. The molecule has 96 valence electrons. The maximum Gasteiger partial charge on any atom is 0.0220 e. The summed E-state index contributed by atoms with van der Waals surface area (Å²) in [5.41, 5.74) is 0. The van der Waals surface area contributed by atoms with Gasteiger partial charge in [0.2, 0.25) is 0 Å². The highest BCUT2D eigenvalue weighted by atomic mass is 15.2. The Bertz CT molecular complexity index is 196. The zero-order valence-corrected chi connectivity index (χ0v) is 11.7. The first-order chi connectivity index (χ1) is 7.56. The molecule has 1 heterocycles. The number of nitrogens with zero attached hydrogens (tertiary/aromatic N) is 2. The number of hydrogen-bond donors (Lipinski definition) is 1. The van der Waals surface area contributed by atoms with E-state index in [1.54, 1.807) is 0 Å². The minimum absolute atomic E-state index is 0.571. The third kappa shape index (κ3) is 3.72. The molecule has 1 rings (SSSR count). The van der Waals surface area contributed by atoms with E-state index in [9.17, 15) is 0 Å². The van der Waals surface area contributed by atoms with Crippen molar-refractivity contribution >= 4 is 0 Å². The molecular weight excluding hydrogens is 198 g/mol. The number of nitrogens with one attached hydrogen (secondary N) is 1. The van der Waals surface area contributed by atoms with Gasteiger partial charge in [0.25, 0.3) is 0 Å². The van der Waals surface area contributed by atoms with E-state index in [2.05, 4.69) is 50.0 Å². The first kappa shape index (κ1) is 13.9. The Balaban J connectivity index is 2.35. The molecule has 0 aromatic rings. The van der Waals surface area contributed by atoms with Crippen molar-refractivity contribution in [2.24, 2.45) is 0 Å². The monoisotopic (exact) mass is 227 g/mol. The second kappa shape index (κ2) is 6.58. The average Bonchev–Trinajstić information content (AvgIpc) is 2.63. The molecule has 0 bridgehead atoms. The van der Waals surface area contributed by atoms with Crippen molar-refractivity contribution < 1.29 is 0 Å². The van der Waals surface area contributed by atoms with Crippen molar-refractivity contribution in [2.45, 2.75) is 51.7 Å². The van der Waals surface area contributed by atoms with Gasteiger partial charge in [-0.2, -0.15) is 0 Å². The second-order valence-corrected chi connectivity index (χ2v) is 5.30. The van der Waals surface area contributed by atoms with Gasteiger partial charge >= 0.3 is 0 Å². The molecule has 1 saturated heterocycles. The van der Waals surface area contributed by atoms with Gasteiger partial charge in [0.15, 0.2) is 0 Å². The summed E-state index contributed by atoms with van der Waals surface area (Å²) in [4.78, 5) is 5.00. The summed E-state index contributed by atoms with van der Waals surface area (Å²) >= 11 is 0. The highest BCUT2D eigenvalue weighted by Gasteiger charge is 2.25. The second-order valence-electron chi connectivity index (χ2n) is 5.30. The van der Waals surface area contributed by atoms with E-state index in [-0.39, 0.29) is 0 Å². The Morgan fingerprint density at radius 2 is 2.12 bits per heavy atom. The Labute approximate surface area is 101 Å². The SMILES string of the molecule is CCNC(C)C(C)N(C)CC1CCCN1C. The van der Waals surface area contributed by atoms with Gasteiger partial charge in [-0.1, -0.05) is 6.92 Å². The molecule has 0 radical (unpaired) electrons. The minimum Gasteiger partial charge on any atom is -0.313 e. The average molecular weight is 227 g/mol. The number of likely N-dealkylation sites (N-methyl/N-ethyl adjacent to an activating group) is 3. The zero-order chi connectivity index (χ0) is 12.1. The molecule has 3 heteroatoms. The summed E-state index contributed by atoms with van der Waals surface area (Å²) in [5.74, 6) is 0. The molecule has 0 aromatic heterocycles.